The van der Waals surface area contributed by atoms with E-state index in [4.69, 9.17) is 10.00 Å². The quantitative estimate of drug-likeness (QED) is 0.362. The highest BCUT2D eigenvalue weighted by Crippen LogP contribution is 2.46. The minimum Gasteiger partial charge on any atom is -0.444 e. The van der Waals surface area contributed by atoms with Gasteiger partial charge in [0.05, 0.1) is 6.07 Å². The van der Waals surface area contributed by atoms with Crippen LogP contribution in [0.25, 0.3) is 0 Å². The number of carbonyl (C=O) groups excluding carboxylic acids is 4. The Balaban J connectivity index is 1.54. The number of ether oxygens (including phenoxy) is 1. The molecule has 43 heavy (non-hydrogen) atoms. The van der Waals surface area contributed by atoms with Gasteiger partial charge >= 0.3 is 16.3 Å². The number of carbonyl (C=O) groups is 4. The summed E-state index contributed by atoms with van der Waals surface area (Å²) < 4.78 is 35.1. The van der Waals surface area contributed by atoms with Crippen molar-refractivity contribution in [2.75, 3.05) is 13.1 Å². The predicted molar refractivity (Wildman–Crippen MR) is 156 cm³/mol. The molecule has 0 radical (unpaired) electrons. The number of alkyl carbamates (subject to hydrolysis) is 1. The van der Waals surface area contributed by atoms with E-state index in [1.54, 1.807) is 20.8 Å². The van der Waals surface area contributed by atoms with E-state index in [2.05, 4.69) is 15.4 Å². The molecular formula is C29H44N6O7S. The first-order chi connectivity index (χ1) is 20.3. The minimum atomic E-state index is -4.24. The standard InChI is InChI=1S/C29H44N6O7S/c1-28(2,3)42-27(39)31-22-12-8-6-4-5-7-11-20-19-29(20,32-24(36)23-13-9-17-34(23)25(22)37)26(38)33-43(40,41)35(18-10-16-30)21-14-15-21/h7,11,20-23H,4-6,8-10,12-15,17-19H2,1-3H3,(H,31,39)(H,32,36)(H,33,38)/b11-7-/t20-,22-,23-,29+/m0/s1. The van der Waals surface area contributed by atoms with Gasteiger partial charge in [0.25, 0.3) is 5.91 Å². The Morgan fingerprint density at radius 2 is 1.91 bits per heavy atom. The second kappa shape index (κ2) is 13.2. The van der Waals surface area contributed by atoms with Crippen molar-refractivity contribution in [3.8, 4) is 6.07 Å². The molecule has 4 amide bonds. The molecule has 0 aromatic carbocycles. The monoisotopic (exact) mass is 620 g/mol. The molecule has 0 unspecified atom stereocenters. The molecule has 2 saturated carbocycles. The maximum atomic E-state index is 13.7. The Hall–Kier alpha value is -3.18. The van der Waals surface area contributed by atoms with Crippen LogP contribution in [0.15, 0.2) is 12.2 Å². The van der Waals surface area contributed by atoms with Crippen LogP contribution < -0.4 is 15.4 Å². The van der Waals surface area contributed by atoms with Crippen molar-refractivity contribution >= 4 is 34.0 Å². The van der Waals surface area contributed by atoms with Crippen LogP contribution in [-0.2, 0) is 29.3 Å². The van der Waals surface area contributed by atoms with Gasteiger partial charge in [-0.1, -0.05) is 25.0 Å². The number of hydrogen-bond acceptors (Lipinski definition) is 8. The van der Waals surface area contributed by atoms with E-state index in [0.29, 0.717) is 51.5 Å². The molecule has 13 nitrogen and oxygen atoms in total. The van der Waals surface area contributed by atoms with Gasteiger partial charge in [-0.25, -0.2) is 9.52 Å². The van der Waals surface area contributed by atoms with E-state index < -0.39 is 57.3 Å². The molecule has 3 fully saturated rings. The fraction of sp³-hybridized carbons (Fsp3) is 0.759. The van der Waals surface area contributed by atoms with Crippen molar-refractivity contribution < 1.29 is 32.3 Å². The first-order valence-electron chi connectivity index (χ1n) is 15.3. The van der Waals surface area contributed by atoms with E-state index in [1.165, 1.54) is 4.90 Å². The Morgan fingerprint density at radius 3 is 2.58 bits per heavy atom. The zero-order valence-corrected chi connectivity index (χ0v) is 26.1. The number of amides is 4. The van der Waals surface area contributed by atoms with Gasteiger partial charge in [-0.2, -0.15) is 18.0 Å². The van der Waals surface area contributed by atoms with Crippen LogP contribution in [-0.4, -0.2) is 83.8 Å². The summed E-state index contributed by atoms with van der Waals surface area (Å²) in [6.07, 6.45) is 8.95. The van der Waals surface area contributed by atoms with Gasteiger partial charge < -0.3 is 20.3 Å². The smallest absolute Gasteiger partial charge is 0.408 e. The second-order valence-electron chi connectivity index (χ2n) is 12.9. The fourth-order valence-electron chi connectivity index (χ4n) is 5.83. The average Bonchev–Trinajstić information content (AvgIpc) is 3.81. The number of fused-ring (bicyclic) bond motifs is 2. The largest absolute Gasteiger partial charge is 0.444 e. The fourth-order valence-corrected chi connectivity index (χ4v) is 7.30. The topological polar surface area (TPSA) is 178 Å². The van der Waals surface area contributed by atoms with Crippen LogP contribution in [0.2, 0.25) is 0 Å². The first kappa shape index (κ1) is 32.7. The van der Waals surface area contributed by atoms with Gasteiger partial charge in [-0.3, -0.25) is 14.4 Å². The molecule has 2 aliphatic heterocycles. The molecule has 0 aromatic heterocycles. The highest BCUT2D eigenvalue weighted by molar-refractivity contribution is 7.87. The van der Waals surface area contributed by atoms with E-state index in [-0.39, 0.29) is 31.3 Å². The van der Waals surface area contributed by atoms with E-state index >= 15 is 0 Å². The van der Waals surface area contributed by atoms with Gasteiger partial charge in [0.2, 0.25) is 11.8 Å². The summed E-state index contributed by atoms with van der Waals surface area (Å²) >= 11 is 0. The van der Waals surface area contributed by atoms with Crippen LogP contribution in [0.5, 0.6) is 0 Å². The van der Waals surface area contributed by atoms with Crippen LogP contribution >= 0.6 is 0 Å². The molecule has 238 valence electrons. The number of hydrogen-bond donors (Lipinski definition) is 3. The molecular weight excluding hydrogens is 576 g/mol. The van der Waals surface area contributed by atoms with Crippen LogP contribution in [0, 0.1) is 17.2 Å². The molecule has 0 bridgehead atoms. The summed E-state index contributed by atoms with van der Waals surface area (Å²) in [5.41, 5.74) is -2.22. The molecule has 4 aliphatic rings. The predicted octanol–water partition coefficient (Wildman–Crippen LogP) is 2.00. The lowest BCUT2D eigenvalue weighted by atomic mass is 10.0. The Kier molecular flexibility index (Phi) is 10.1. The van der Waals surface area contributed by atoms with E-state index in [1.807, 2.05) is 18.2 Å². The lowest BCUT2D eigenvalue weighted by Crippen LogP contribution is -2.59. The molecule has 3 N–H and O–H groups in total. The molecule has 14 heteroatoms. The first-order valence-corrected chi connectivity index (χ1v) is 16.7. The average molecular weight is 621 g/mol. The molecule has 2 heterocycles. The van der Waals surface area contributed by atoms with Gasteiger partial charge in [0.1, 0.15) is 23.2 Å². The highest BCUT2D eigenvalue weighted by atomic mass is 32.2. The van der Waals surface area contributed by atoms with Crippen LogP contribution in [0.1, 0.15) is 91.4 Å². The molecule has 0 aromatic rings. The van der Waals surface area contributed by atoms with Crippen LogP contribution in [0.4, 0.5) is 4.79 Å². The summed E-state index contributed by atoms with van der Waals surface area (Å²) in [5.74, 6) is -2.16. The van der Waals surface area contributed by atoms with Gasteiger partial charge in [-0.05, 0) is 72.1 Å². The van der Waals surface area contributed by atoms with Crippen LogP contribution in [0.3, 0.4) is 0 Å². The third kappa shape index (κ3) is 8.26. The summed E-state index contributed by atoms with van der Waals surface area (Å²) in [4.78, 5) is 55.0. The minimum absolute atomic E-state index is 0.00579. The number of allylic oxidation sites excluding steroid dienone is 1. The lowest BCUT2D eigenvalue weighted by molar-refractivity contribution is -0.141. The van der Waals surface area contributed by atoms with E-state index in [0.717, 1.165) is 17.1 Å². The number of nitrogens with one attached hydrogen (secondary N) is 3. The van der Waals surface area contributed by atoms with Gasteiger partial charge in [0.15, 0.2) is 0 Å². The summed E-state index contributed by atoms with van der Waals surface area (Å²) in [5, 5.41) is 14.5. The molecule has 4 atom stereocenters. The van der Waals surface area contributed by atoms with Crippen molar-refractivity contribution in [1.82, 2.24) is 24.6 Å². The molecule has 2 aliphatic carbocycles. The third-order valence-electron chi connectivity index (χ3n) is 8.25. The Bertz CT molecular complexity index is 1270. The Labute approximate surface area is 253 Å². The number of nitrogens with zero attached hydrogens (tertiary/aromatic N) is 3. The zero-order valence-electron chi connectivity index (χ0n) is 25.3. The summed E-state index contributed by atoms with van der Waals surface area (Å²) in [6.45, 7) is 5.49. The Morgan fingerprint density at radius 1 is 1.16 bits per heavy atom. The van der Waals surface area contributed by atoms with Crippen molar-refractivity contribution in [1.29, 1.82) is 5.26 Å². The normalized spacial score (nSPS) is 29.2. The maximum Gasteiger partial charge on any atom is 0.408 e. The lowest BCUT2D eigenvalue weighted by Gasteiger charge is -2.31. The molecule has 4 rings (SSSR count). The molecule has 0 spiro atoms. The number of nitriles is 1. The summed E-state index contributed by atoms with van der Waals surface area (Å²) in [7, 11) is -4.24. The van der Waals surface area contributed by atoms with Gasteiger partial charge in [0, 0.05) is 31.5 Å². The third-order valence-corrected chi connectivity index (χ3v) is 9.80. The zero-order chi connectivity index (χ0) is 31.4. The SMILES string of the molecule is CC(C)(C)OC(=O)N[C@H]1CCCCC/C=C\[C@H]2C[C@@]2(C(=O)NS(=O)(=O)N(CCC#N)C2CC2)NC(=O)[C@@H]2CCCN2C1=O. The van der Waals surface area contributed by atoms with Crippen molar-refractivity contribution in [3.05, 3.63) is 12.2 Å². The second-order valence-corrected chi connectivity index (χ2v) is 14.5. The maximum absolute atomic E-state index is 13.7. The van der Waals surface area contributed by atoms with E-state index in [9.17, 15) is 27.6 Å². The van der Waals surface area contributed by atoms with Crippen molar-refractivity contribution in [2.45, 2.75) is 121 Å². The number of rotatable bonds is 7. The van der Waals surface area contributed by atoms with Crippen molar-refractivity contribution in [2.24, 2.45) is 5.92 Å². The molecule has 1 saturated heterocycles. The summed E-state index contributed by atoms with van der Waals surface area (Å²) in [6, 6.07) is -0.0537. The van der Waals surface area contributed by atoms with Gasteiger partial charge in [-0.15, -0.1) is 0 Å². The highest BCUT2D eigenvalue weighted by Gasteiger charge is 2.61. The van der Waals surface area contributed by atoms with Crippen molar-refractivity contribution in [3.63, 3.8) is 0 Å².